The number of rotatable bonds is 7. The zero-order valence-electron chi connectivity index (χ0n) is 18.2. The molecule has 0 atom stereocenters. The maximum Gasteiger partial charge on any atom is 0.293 e. The highest BCUT2D eigenvalue weighted by atomic mass is 35.5. The van der Waals surface area contributed by atoms with Crippen LogP contribution in [0.2, 0.25) is 5.02 Å². The zero-order valence-corrected chi connectivity index (χ0v) is 18.9. The minimum Gasteiger partial charge on any atom is -0.345 e. The molecule has 0 fully saturated rings. The molecule has 0 saturated carbocycles. The van der Waals surface area contributed by atoms with Crippen LogP contribution < -0.4 is 0 Å². The van der Waals surface area contributed by atoms with E-state index in [-0.39, 0.29) is 17.6 Å². The number of aryl methyl sites for hydroxylation is 1. The fourth-order valence-corrected chi connectivity index (χ4v) is 3.40. The summed E-state index contributed by atoms with van der Waals surface area (Å²) in [6, 6.07) is 14.6. The van der Waals surface area contributed by atoms with Crippen LogP contribution in [0.1, 0.15) is 46.2 Å². The third kappa shape index (κ3) is 4.94. The molecule has 8 heteroatoms. The highest BCUT2D eigenvalue weighted by molar-refractivity contribution is 6.32. The Kier molecular flexibility index (Phi) is 7.07. The molecule has 1 aromatic heterocycles. The van der Waals surface area contributed by atoms with Gasteiger partial charge in [-0.15, -0.1) is 5.10 Å². The van der Waals surface area contributed by atoms with Gasteiger partial charge in [0.05, 0.1) is 10.7 Å². The van der Waals surface area contributed by atoms with Crippen LogP contribution in [0.3, 0.4) is 0 Å². The summed E-state index contributed by atoms with van der Waals surface area (Å²) in [4.78, 5) is 32.9. The Morgan fingerprint density at radius 2 is 1.68 bits per heavy atom. The highest BCUT2D eigenvalue weighted by Gasteiger charge is 2.22. The largest absolute Gasteiger partial charge is 0.345 e. The summed E-state index contributed by atoms with van der Waals surface area (Å²) < 4.78 is 1.63. The minimum absolute atomic E-state index is 0.0589. The summed E-state index contributed by atoms with van der Waals surface area (Å²) in [6.45, 7) is 4.76. The van der Waals surface area contributed by atoms with E-state index in [9.17, 15) is 9.59 Å². The molecule has 0 unspecified atom stereocenters. The maximum atomic E-state index is 13.1. The molecule has 0 aliphatic heterocycles. The third-order valence-electron chi connectivity index (χ3n) is 4.91. The Bertz CT molecular complexity index is 1080. The topological polar surface area (TPSA) is 71.3 Å². The van der Waals surface area contributed by atoms with E-state index in [0.717, 1.165) is 5.56 Å². The molecule has 2 amide bonds. The number of nitrogens with zero attached hydrogens (tertiary/aromatic N) is 5. The van der Waals surface area contributed by atoms with Crippen molar-refractivity contribution in [1.29, 1.82) is 0 Å². The third-order valence-corrected chi connectivity index (χ3v) is 5.23. The zero-order chi connectivity index (χ0) is 22.5. The van der Waals surface area contributed by atoms with E-state index in [1.165, 1.54) is 4.90 Å². The van der Waals surface area contributed by atoms with Crippen molar-refractivity contribution in [2.75, 3.05) is 20.6 Å². The smallest absolute Gasteiger partial charge is 0.293 e. The number of amides is 2. The van der Waals surface area contributed by atoms with E-state index in [2.05, 4.69) is 10.1 Å². The second-order valence-electron chi connectivity index (χ2n) is 7.28. The van der Waals surface area contributed by atoms with Gasteiger partial charge in [0, 0.05) is 39.2 Å². The standard InChI is InChI=1S/C23H26ClN5O2/c1-5-20-25-21(26-29(20)19-10-8-7-9-18(19)24)23(31)28(6-2)15-16-11-13-17(14-12-16)22(30)27(3)4/h7-14H,5-6,15H2,1-4H3. The van der Waals surface area contributed by atoms with Crippen molar-refractivity contribution in [3.63, 3.8) is 0 Å². The summed E-state index contributed by atoms with van der Waals surface area (Å²) >= 11 is 6.32. The number of hydrogen-bond acceptors (Lipinski definition) is 4. The molecule has 0 radical (unpaired) electrons. The number of carbonyl (C=O) groups excluding carboxylic acids is 2. The second-order valence-corrected chi connectivity index (χ2v) is 7.69. The average molecular weight is 440 g/mol. The number of carbonyl (C=O) groups is 2. The summed E-state index contributed by atoms with van der Waals surface area (Å²) in [6.07, 6.45) is 0.610. The van der Waals surface area contributed by atoms with Crippen molar-refractivity contribution in [3.05, 3.63) is 76.3 Å². The first kappa shape index (κ1) is 22.5. The first-order chi connectivity index (χ1) is 14.8. The van der Waals surface area contributed by atoms with Crippen molar-refractivity contribution in [3.8, 4) is 5.69 Å². The Labute approximate surface area is 187 Å². The summed E-state index contributed by atoms with van der Waals surface area (Å²) in [5.41, 5.74) is 2.22. The van der Waals surface area contributed by atoms with Gasteiger partial charge in [0.25, 0.3) is 11.8 Å². The van der Waals surface area contributed by atoms with Gasteiger partial charge in [0.2, 0.25) is 5.82 Å². The van der Waals surface area contributed by atoms with E-state index in [1.807, 2.05) is 44.2 Å². The molecular weight excluding hydrogens is 414 g/mol. The molecule has 0 N–H and O–H groups in total. The van der Waals surface area contributed by atoms with Crippen LogP contribution in [0.5, 0.6) is 0 Å². The lowest BCUT2D eigenvalue weighted by Crippen LogP contribution is -2.31. The Morgan fingerprint density at radius 1 is 1.00 bits per heavy atom. The normalized spacial score (nSPS) is 10.7. The average Bonchev–Trinajstić information content (AvgIpc) is 3.21. The Hall–Kier alpha value is -3.19. The monoisotopic (exact) mass is 439 g/mol. The molecule has 31 heavy (non-hydrogen) atoms. The summed E-state index contributed by atoms with van der Waals surface area (Å²) in [5.74, 6) is 0.491. The molecule has 3 aromatic rings. The van der Waals surface area contributed by atoms with Crippen molar-refractivity contribution in [2.45, 2.75) is 26.8 Å². The lowest BCUT2D eigenvalue weighted by molar-refractivity contribution is 0.0739. The molecule has 0 aliphatic carbocycles. The SMILES string of the molecule is CCc1nc(C(=O)N(CC)Cc2ccc(C(=O)N(C)C)cc2)nn1-c1ccccc1Cl. The van der Waals surface area contributed by atoms with E-state index < -0.39 is 0 Å². The van der Waals surface area contributed by atoms with Crippen molar-refractivity contribution in [1.82, 2.24) is 24.6 Å². The van der Waals surface area contributed by atoms with Crippen LogP contribution in [-0.2, 0) is 13.0 Å². The molecule has 2 aromatic carbocycles. The van der Waals surface area contributed by atoms with E-state index >= 15 is 0 Å². The van der Waals surface area contributed by atoms with Gasteiger partial charge < -0.3 is 9.80 Å². The first-order valence-corrected chi connectivity index (χ1v) is 10.5. The summed E-state index contributed by atoms with van der Waals surface area (Å²) in [5, 5.41) is 5.00. The van der Waals surface area contributed by atoms with Crippen LogP contribution in [-0.4, -0.2) is 57.0 Å². The molecule has 162 valence electrons. The molecule has 7 nitrogen and oxygen atoms in total. The number of halogens is 1. The molecule has 0 bridgehead atoms. The van der Waals surface area contributed by atoms with E-state index in [4.69, 9.17) is 11.6 Å². The van der Waals surface area contributed by atoms with Crippen LogP contribution in [0, 0.1) is 0 Å². The molecule has 1 heterocycles. The maximum absolute atomic E-state index is 13.1. The van der Waals surface area contributed by atoms with Gasteiger partial charge in [-0.1, -0.05) is 42.8 Å². The van der Waals surface area contributed by atoms with E-state index in [1.54, 1.807) is 41.9 Å². The lowest BCUT2D eigenvalue weighted by atomic mass is 10.1. The quantitative estimate of drug-likeness (QED) is 0.560. The number of para-hydroxylation sites is 1. The molecular formula is C23H26ClN5O2. The summed E-state index contributed by atoms with van der Waals surface area (Å²) in [7, 11) is 3.43. The van der Waals surface area contributed by atoms with Gasteiger partial charge in [0.15, 0.2) is 0 Å². The molecule has 3 rings (SSSR count). The van der Waals surface area contributed by atoms with Crippen LogP contribution >= 0.6 is 11.6 Å². The first-order valence-electron chi connectivity index (χ1n) is 10.2. The van der Waals surface area contributed by atoms with Gasteiger partial charge in [-0.25, -0.2) is 9.67 Å². The highest BCUT2D eigenvalue weighted by Crippen LogP contribution is 2.21. The van der Waals surface area contributed by atoms with Crippen molar-refractivity contribution in [2.24, 2.45) is 0 Å². The second kappa shape index (κ2) is 9.75. The predicted molar refractivity (Wildman–Crippen MR) is 121 cm³/mol. The van der Waals surface area contributed by atoms with Crippen molar-refractivity contribution < 1.29 is 9.59 Å². The molecule has 0 spiro atoms. The van der Waals surface area contributed by atoms with Gasteiger partial charge in [-0.3, -0.25) is 9.59 Å². The minimum atomic E-state index is -0.253. The van der Waals surface area contributed by atoms with Gasteiger partial charge in [-0.2, -0.15) is 0 Å². The van der Waals surface area contributed by atoms with Gasteiger partial charge >= 0.3 is 0 Å². The van der Waals surface area contributed by atoms with E-state index in [0.29, 0.717) is 41.6 Å². The van der Waals surface area contributed by atoms with Crippen LogP contribution in [0.4, 0.5) is 0 Å². The van der Waals surface area contributed by atoms with Crippen molar-refractivity contribution >= 4 is 23.4 Å². The number of benzene rings is 2. The fourth-order valence-electron chi connectivity index (χ4n) is 3.18. The number of aromatic nitrogens is 3. The van der Waals surface area contributed by atoms with Gasteiger partial charge in [0.1, 0.15) is 5.82 Å². The lowest BCUT2D eigenvalue weighted by Gasteiger charge is -2.19. The van der Waals surface area contributed by atoms with Gasteiger partial charge in [-0.05, 0) is 36.8 Å². The Morgan fingerprint density at radius 3 is 2.26 bits per heavy atom. The number of hydrogen-bond donors (Lipinski definition) is 0. The fraction of sp³-hybridized carbons (Fsp3) is 0.304. The van der Waals surface area contributed by atoms with Crippen LogP contribution in [0.25, 0.3) is 5.69 Å². The molecule has 0 aliphatic rings. The van der Waals surface area contributed by atoms with Crippen LogP contribution in [0.15, 0.2) is 48.5 Å². The predicted octanol–water partition coefficient (Wildman–Crippen LogP) is 3.85. The molecule has 0 saturated heterocycles. The Balaban J connectivity index is 1.82.